The predicted molar refractivity (Wildman–Crippen MR) is 90.4 cm³/mol. The standard InChI is InChI=1S/C18H19ClN2O/c1-13-8-9-16(11-17(13)19)20-18(22)21-10-4-7-14-5-2-3-6-15(14)12-21/h2-3,5-6,8-9,11H,4,7,10,12H2,1H3,(H,20,22). The third-order valence-electron chi connectivity index (χ3n) is 4.06. The number of urea groups is 1. The van der Waals surface area contributed by atoms with E-state index in [-0.39, 0.29) is 6.03 Å². The fourth-order valence-electron chi connectivity index (χ4n) is 2.75. The maximum atomic E-state index is 12.5. The number of hydrogen-bond acceptors (Lipinski definition) is 1. The second-order valence-electron chi connectivity index (χ2n) is 5.69. The van der Waals surface area contributed by atoms with Crippen LogP contribution in [0.5, 0.6) is 0 Å². The van der Waals surface area contributed by atoms with Crippen molar-refractivity contribution in [1.29, 1.82) is 0 Å². The molecule has 0 bridgehead atoms. The molecule has 0 radical (unpaired) electrons. The topological polar surface area (TPSA) is 32.3 Å². The van der Waals surface area contributed by atoms with Gasteiger partial charge >= 0.3 is 6.03 Å². The van der Waals surface area contributed by atoms with Crippen molar-refractivity contribution in [2.24, 2.45) is 0 Å². The molecule has 0 saturated carbocycles. The smallest absolute Gasteiger partial charge is 0.320 e. The lowest BCUT2D eigenvalue weighted by atomic mass is 10.0. The van der Waals surface area contributed by atoms with E-state index in [2.05, 4.69) is 23.5 Å². The largest absolute Gasteiger partial charge is 0.322 e. The van der Waals surface area contributed by atoms with Gasteiger partial charge in [0.2, 0.25) is 0 Å². The van der Waals surface area contributed by atoms with Crippen LogP contribution in [-0.4, -0.2) is 17.5 Å². The van der Waals surface area contributed by atoms with Gasteiger partial charge in [-0.25, -0.2) is 4.79 Å². The van der Waals surface area contributed by atoms with Crippen molar-refractivity contribution in [3.05, 3.63) is 64.2 Å². The van der Waals surface area contributed by atoms with Gasteiger partial charge in [0.1, 0.15) is 0 Å². The van der Waals surface area contributed by atoms with Crippen LogP contribution in [0.1, 0.15) is 23.1 Å². The molecule has 0 saturated heterocycles. The number of aryl methyl sites for hydroxylation is 2. The van der Waals surface area contributed by atoms with Gasteiger partial charge in [-0.15, -0.1) is 0 Å². The zero-order valence-corrected chi connectivity index (χ0v) is 13.4. The monoisotopic (exact) mass is 314 g/mol. The number of carbonyl (C=O) groups excluding carboxylic acids is 1. The number of anilines is 1. The molecule has 1 heterocycles. The summed E-state index contributed by atoms with van der Waals surface area (Å²) in [5.74, 6) is 0. The zero-order chi connectivity index (χ0) is 15.5. The van der Waals surface area contributed by atoms with Crippen LogP contribution in [0.15, 0.2) is 42.5 Å². The van der Waals surface area contributed by atoms with Crippen LogP contribution < -0.4 is 5.32 Å². The molecule has 0 spiro atoms. The van der Waals surface area contributed by atoms with Crippen LogP contribution in [0.4, 0.5) is 10.5 Å². The van der Waals surface area contributed by atoms with Crippen LogP contribution >= 0.6 is 11.6 Å². The lowest BCUT2D eigenvalue weighted by Crippen LogP contribution is -2.34. The first-order chi connectivity index (χ1) is 10.6. The quantitative estimate of drug-likeness (QED) is 0.818. The molecule has 0 aromatic heterocycles. The van der Waals surface area contributed by atoms with E-state index < -0.39 is 0 Å². The normalized spacial score (nSPS) is 14.2. The lowest BCUT2D eigenvalue weighted by molar-refractivity contribution is 0.210. The molecule has 2 amide bonds. The number of halogens is 1. The number of carbonyl (C=O) groups is 1. The van der Waals surface area contributed by atoms with E-state index in [1.165, 1.54) is 11.1 Å². The first kappa shape index (κ1) is 14.9. The highest BCUT2D eigenvalue weighted by Gasteiger charge is 2.18. The first-order valence-electron chi connectivity index (χ1n) is 7.52. The third-order valence-corrected chi connectivity index (χ3v) is 4.47. The van der Waals surface area contributed by atoms with E-state index in [0.717, 1.165) is 30.6 Å². The summed E-state index contributed by atoms with van der Waals surface area (Å²) in [6.07, 6.45) is 2.01. The summed E-state index contributed by atoms with van der Waals surface area (Å²) in [5, 5.41) is 3.61. The number of nitrogens with one attached hydrogen (secondary N) is 1. The Kier molecular flexibility index (Phi) is 4.34. The molecule has 114 valence electrons. The van der Waals surface area contributed by atoms with Gasteiger partial charge in [-0.3, -0.25) is 0 Å². The molecule has 1 aliphatic rings. The number of fused-ring (bicyclic) bond motifs is 1. The van der Waals surface area contributed by atoms with E-state index in [1.807, 2.05) is 30.0 Å². The van der Waals surface area contributed by atoms with Crippen LogP contribution in [0.3, 0.4) is 0 Å². The molecule has 22 heavy (non-hydrogen) atoms. The van der Waals surface area contributed by atoms with Gasteiger partial charge in [-0.05, 0) is 48.6 Å². The van der Waals surface area contributed by atoms with Crippen LogP contribution in [0, 0.1) is 6.92 Å². The maximum Gasteiger partial charge on any atom is 0.322 e. The van der Waals surface area contributed by atoms with Crippen molar-refractivity contribution in [1.82, 2.24) is 4.90 Å². The molecule has 3 nitrogen and oxygen atoms in total. The Morgan fingerprint density at radius 2 is 1.95 bits per heavy atom. The van der Waals surface area contributed by atoms with E-state index >= 15 is 0 Å². The lowest BCUT2D eigenvalue weighted by Gasteiger charge is -2.21. The number of rotatable bonds is 1. The first-order valence-corrected chi connectivity index (χ1v) is 7.90. The van der Waals surface area contributed by atoms with Crippen LogP contribution in [0.2, 0.25) is 5.02 Å². The minimum absolute atomic E-state index is 0.0726. The molecule has 0 atom stereocenters. The van der Waals surface area contributed by atoms with Gasteiger partial charge in [0.05, 0.1) is 0 Å². The predicted octanol–water partition coefficient (Wildman–Crippen LogP) is 4.63. The van der Waals surface area contributed by atoms with Crippen molar-refractivity contribution in [2.45, 2.75) is 26.3 Å². The number of amides is 2. The van der Waals surface area contributed by atoms with Crippen LogP contribution in [0.25, 0.3) is 0 Å². The molecular formula is C18H19ClN2O. The highest BCUT2D eigenvalue weighted by molar-refractivity contribution is 6.31. The summed E-state index contributed by atoms with van der Waals surface area (Å²) in [6, 6.07) is 13.8. The Hall–Kier alpha value is -2.00. The second-order valence-corrected chi connectivity index (χ2v) is 6.10. The van der Waals surface area contributed by atoms with Crippen molar-refractivity contribution in [3.8, 4) is 0 Å². The average Bonchev–Trinajstić information content (AvgIpc) is 2.73. The summed E-state index contributed by atoms with van der Waals surface area (Å²) in [6.45, 7) is 3.36. The fraction of sp³-hybridized carbons (Fsp3) is 0.278. The van der Waals surface area contributed by atoms with Gasteiger partial charge < -0.3 is 10.2 Å². The Morgan fingerprint density at radius 3 is 2.73 bits per heavy atom. The van der Waals surface area contributed by atoms with Gasteiger partial charge in [-0.1, -0.05) is 41.9 Å². The van der Waals surface area contributed by atoms with Crippen molar-refractivity contribution >= 4 is 23.3 Å². The molecule has 0 aliphatic carbocycles. The van der Waals surface area contributed by atoms with Gasteiger partial charge in [0.15, 0.2) is 0 Å². The second kappa shape index (κ2) is 6.41. The number of benzene rings is 2. The Balaban J connectivity index is 1.73. The summed E-state index contributed by atoms with van der Waals surface area (Å²) >= 11 is 6.11. The molecule has 1 N–H and O–H groups in total. The highest BCUT2D eigenvalue weighted by Crippen LogP contribution is 2.22. The van der Waals surface area contributed by atoms with E-state index in [1.54, 1.807) is 6.07 Å². The van der Waals surface area contributed by atoms with E-state index in [9.17, 15) is 4.79 Å². The molecule has 2 aromatic carbocycles. The van der Waals surface area contributed by atoms with E-state index in [0.29, 0.717) is 11.6 Å². The number of nitrogens with zero attached hydrogens (tertiary/aromatic N) is 1. The minimum Gasteiger partial charge on any atom is -0.320 e. The van der Waals surface area contributed by atoms with Gasteiger partial charge in [-0.2, -0.15) is 0 Å². The Labute approximate surface area is 135 Å². The molecule has 2 aromatic rings. The molecule has 4 heteroatoms. The fourth-order valence-corrected chi connectivity index (χ4v) is 2.93. The minimum atomic E-state index is -0.0726. The molecular weight excluding hydrogens is 296 g/mol. The van der Waals surface area contributed by atoms with Crippen molar-refractivity contribution < 1.29 is 4.79 Å². The Bertz CT molecular complexity index is 699. The SMILES string of the molecule is Cc1ccc(NC(=O)N2CCCc3ccccc3C2)cc1Cl. The molecule has 1 aliphatic heterocycles. The van der Waals surface area contributed by atoms with Gasteiger partial charge in [0, 0.05) is 23.8 Å². The Morgan fingerprint density at radius 1 is 1.18 bits per heavy atom. The molecule has 0 fully saturated rings. The highest BCUT2D eigenvalue weighted by atomic mass is 35.5. The maximum absolute atomic E-state index is 12.5. The zero-order valence-electron chi connectivity index (χ0n) is 12.6. The number of hydrogen-bond donors (Lipinski definition) is 1. The summed E-state index contributed by atoms with van der Waals surface area (Å²) in [5.41, 5.74) is 4.31. The summed E-state index contributed by atoms with van der Waals surface area (Å²) in [4.78, 5) is 14.4. The van der Waals surface area contributed by atoms with Crippen molar-refractivity contribution in [2.75, 3.05) is 11.9 Å². The van der Waals surface area contributed by atoms with E-state index in [4.69, 9.17) is 11.6 Å². The average molecular weight is 315 g/mol. The third kappa shape index (κ3) is 3.25. The summed E-state index contributed by atoms with van der Waals surface area (Å²) < 4.78 is 0. The van der Waals surface area contributed by atoms with Gasteiger partial charge in [0.25, 0.3) is 0 Å². The molecule has 0 unspecified atom stereocenters. The van der Waals surface area contributed by atoms with Crippen molar-refractivity contribution in [3.63, 3.8) is 0 Å². The molecule has 3 rings (SSSR count). The van der Waals surface area contributed by atoms with Crippen LogP contribution in [-0.2, 0) is 13.0 Å². The summed E-state index contributed by atoms with van der Waals surface area (Å²) in [7, 11) is 0.